The molecule has 0 bridgehead atoms. The molecule has 0 fully saturated rings. The van der Waals surface area contributed by atoms with Crippen molar-refractivity contribution in [3.63, 3.8) is 0 Å². The summed E-state index contributed by atoms with van der Waals surface area (Å²) in [6.07, 6.45) is 4.93. The SMILES string of the molecule is C=CC(F)(F)C(O)(COc1ccc2c(c1)CCC2)c1ccc2c(cnn2-c2ccc(F)cc2)c1. The zero-order valence-corrected chi connectivity index (χ0v) is 18.3. The van der Waals surface area contributed by atoms with Gasteiger partial charge in [0.2, 0.25) is 0 Å². The highest BCUT2D eigenvalue weighted by atomic mass is 19.3. The van der Waals surface area contributed by atoms with Crippen molar-refractivity contribution in [2.45, 2.75) is 30.8 Å². The molecule has 34 heavy (non-hydrogen) atoms. The van der Waals surface area contributed by atoms with Gasteiger partial charge in [-0.25, -0.2) is 9.07 Å². The highest BCUT2D eigenvalue weighted by Gasteiger charge is 2.52. The minimum absolute atomic E-state index is 0.0234. The molecule has 7 heteroatoms. The molecular formula is C27H23F3N2O2. The molecule has 0 saturated heterocycles. The molecule has 1 heterocycles. The van der Waals surface area contributed by atoms with E-state index in [1.54, 1.807) is 28.9 Å². The predicted molar refractivity (Wildman–Crippen MR) is 124 cm³/mol. The molecule has 0 radical (unpaired) electrons. The van der Waals surface area contributed by atoms with E-state index in [4.69, 9.17) is 4.74 Å². The number of aromatic nitrogens is 2. The van der Waals surface area contributed by atoms with Gasteiger partial charge >= 0.3 is 5.92 Å². The first kappa shape index (κ1) is 22.2. The second-order valence-electron chi connectivity index (χ2n) is 8.57. The molecule has 4 aromatic rings. The molecule has 1 aliphatic carbocycles. The first-order valence-electron chi connectivity index (χ1n) is 11.0. The van der Waals surface area contributed by atoms with Gasteiger partial charge in [0.15, 0.2) is 5.60 Å². The highest BCUT2D eigenvalue weighted by molar-refractivity contribution is 5.81. The van der Waals surface area contributed by atoms with E-state index >= 15 is 8.78 Å². The van der Waals surface area contributed by atoms with Crippen LogP contribution in [0.2, 0.25) is 0 Å². The van der Waals surface area contributed by atoms with E-state index in [-0.39, 0.29) is 11.4 Å². The average Bonchev–Trinajstić information content (AvgIpc) is 3.49. The van der Waals surface area contributed by atoms with Crippen molar-refractivity contribution in [3.8, 4) is 11.4 Å². The maximum absolute atomic E-state index is 15.0. The lowest BCUT2D eigenvalue weighted by atomic mass is 9.87. The third-order valence-corrected chi connectivity index (χ3v) is 6.44. The molecule has 174 valence electrons. The standard InChI is InChI=1S/C27H23F3N2O2/c1-2-27(29,30)26(33,17-34-24-12-6-18-4-3-5-19(18)15-24)21-7-13-25-20(14-21)16-31-32(25)23-10-8-22(28)9-11-23/h2,6-16,33H,1,3-5,17H2. The lowest BCUT2D eigenvalue weighted by Crippen LogP contribution is -2.48. The van der Waals surface area contributed by atoms with Crippen molar-refractivity contribution in [1.82, 2.24) is 9.78 Å². The Bertz CT molecular complexity index is 1360. The number of halogens is 3. The van der Waals surface area contributed by atoms with Crippen LogP contribution in [0.15, 0.2) is 79.5 Å². The van der Waals surface area contributed by atoms with E-state index in [9.17, 15) is 9.50 Å². The second-order valence-corrected chi connectivity index (χ2v) is 8.57. The summed E-state index contributed by atoms with van der Waals surface area (Å²) in [5, 5.41) is 16.1. The fourth-order valence-electron chi connectivity index (χ4n) is 4.44. The zero-order valence-electron chi connectivity index (χ0n) is 18.3. The quantitative estimate of drug-likeness (QED) is 0.355. The van der Waals surface area contributed by atoms with Crippen molar-refractivity contribution in [2.75, 3.05) is 6.61 Å². The van der Waals surface area contributed by atoms with Crippen LogP contribution in [0.1, 0.15) is 23.1 Å². The van der Waals surface area contributed by atoms with Gasteiger partial charge in [-0.05, 0) is 90.6 Å². The average molecular weight is 464 g/mol. The van der Waals surface area contributed by atoms with E-state index in [0.717, 1.165) is 24.8 Å². The Hall–Kier alpha value is -3.58. The molecule has 1 aliphatic rings. The van der Waals surface area contributed by atoms with Gasteiger partial charge in [-0.2, -0.15) is 13.9 Å². The lowest BCUT2D eigenvalue weighted by molar-refractivity contribution is -0.172. The van der Waals surface area contributed by atoms with Gasteiger partial charge in [0.05, 0.1) is 17.4 Å². The van der Waals surface area contributed by atoms with E-state index < -0.39 is 18.1 Å². The highest BCUT2D eigenvalue weighted by Crippen LogP contribution is 2.40. The maximum Gasteiger partial charge on any atom is 0.301 e. The molecule has 0 amide bonds. The number of fused-ring (bicyclic) bond motifs is 2. The molecular weight excluding hydrogens is 441 g/mol. The summed E-state index contributed by atoms with van der Waals surface area (Å²) < 4.78 is 50.6. The van der Waals surface area contributed by atoms with E-state index in [1.165, 1.54) is 36.0 Å². The summed E-state index contributed by atoms with van der Waals surface area (Å²) in [7, 11) is 0. The van der Waals surface area contributed by atoms with Gasteiger partial charge in [0.25, 0.3) is 0 Å². The number of aliphatic hydroxyl groups is 1. The number of rotatable bonds is 7. The normalized spacial score (nSPS) is 15.2. The molecule has 1 unspecified atom stereocenters. The molecule has 4 nitrogen and oxygen atoms in total. The summed E-state index contributed by atoms with van der Waals surface area (Å²) in [6, 6.07) is 15.8. The Balaban J connectivity index is 1.49. The van der Waals surface area contributed by atoms with Crippen LogP contribution in [0.4, 0.5) is 13.2 Å². The van der Waals surface area contributed by atoms with Crippen LogP contribution in [-0.2, 0) is 18.4 Å². The van der Waals surface area contributed by atoms with Crippen LogP contribution in [0.3, 0.4) is 0 Å². The largest absolute Gasteiger partial charge is 0.490 e. The Labute approximate surface area is 194 Å². The number of hydrogen-bond donors (Lipinski definition) is 1. The molecule has 1 N–H and O–H groups in total. The fourth-order valence-corrected chi connectivity index (χ4v) is 4.44. The molecule has 1 aromatic heterocycles. The van der Waals surface area contributed by atoms with E-state index in [1.807, 2.05) is 12.1 Å². The number of alkyl halides is 2. The number of ether oxygens (including phenoxy) is 1. The molecule has 0 saturated carbocycles. The van der Waals surface area contributed by atoms with Crippen LogP contribution in [0.5, 0.6) is 5.75 Å². The van der Waals surface area contributed by atoms with Crippen molar-refractivity contribution in [2.24, 2.45) is 0 Å². The van der Waals surface area contributed by atoms with Gasteiger partial charge in [0.1, 0.15) is 18.2 Å². The fraction of sp³-hybridized carbons (Fsp3) is 0.222. The van der Waals surface area contributed by atoms with Gasteiger partial charge in [-0.3, -0.25) is 0 Å². The van der Waals surface area contributed by atoms with Crippen molar-refractivity contribution >= 4 is 10.9 Å². The predicted octanol–water partition coefficient (Wildman–Crippen LogP) is 5.74. The van der Waals surface area contributed by atoms with Gasteiger partial charge < -0.3 is 9.84 Å². The summed E-state index contributed by atoms with van der Waals surface area (Å²) in [5.41, 5.74) is 0.952. The Morgan fingerprint density at radius 2 is 1.79 bits per heavy atom. The number of hydrogen-bond acceptors (Lipinski definition) is 3. The maximum atomic E-state index is 15.0. The molecule has 0 aliphatic heterocycles. The van der Waals surface area contributed by atoms with Gasteiger partial charge in [0, 0.05) is 5.39 Å². The summed E-state index contributed by atoms with van der Waals surface area (Å²) in [6.45, 7) is 2.56. The first-order valence-corrected chi connectivity index (χ1v) is 11.0. The number of aryl methyl sites for hydroxylation is 2. The van der Waals surface area contributed by atoms with Crippen LogP contribution in [0.25, 0.3) is 16.6 Å². The lowest BCUT2D eigenvalue weighted by Gasteiger charge is -2.34. The van der Waals surface area contributed by atoms with Crippen molar-refractivity contribution < 1.29 is 23.0 Å². The summed E-state index contributed by atoms with van der Waals surface area (Å²) >= 11 is 0. The van der Waals surface area contributed by atoms with Crippen LogP contribution in [-0.4, -0.2) is 27.4 Å². The third-order valence-electron chi connectivity index (χ3n) is 6.44. The number of nitrogens with zero attached hydrogens (tertiary/aromatic N) is 2. The summed E-state index contributed by atoms with van der Waals surface area (Å²) in [4.78, 5) is 0. The molecule has 0 spiro atoms. The number of benzene rings is 3. The van der Waals surface area contributed by atoms with Crippen molar-refractivity contribution in [3.05, 3.63) is 102 Å². The minimum Gasteiger partial charge on any atom is -0.490 e. The topological polar surface area (TPSA) is 47.3 Å². The van der Waals surface area contributed by atoms with E-state index in [0.29, 0.717) is 28.4 Å². The van der Waals surface area contributed by atoms with E-state index in [2.05, 4.69) is 11.7 Å². The van der Waals surface area contributed by atoms with Crippen LogP contribution in [0, 0.1) is 5.82 Å². The van der Waals surface area contributed by atoms with Gasteiger partial charge in [-0.15, -0.1) is 0 Å². The smallest absolute Gasteiger partial charge is 0.301 e. The third kappa shape index (κ3) is 3.76. The molecule has 3 aromatic carbocycles. The minimum atomic E-state index is -3.66. The monoisotopic (exact) mass is 464 g/mol. The first-order chi connectivity index (χ1) is 16.3. The van der Waals surface area contributed by atoms with Gasteiger partial charge in [-0.1, -0.05) is 18.7 Å². The molecule has 1 atom stereocenters. The Morgan fingerprint density at radius 1 is 1.03 bits per heavy atom. The zero-order chi connectivity index (χ0) is 23.9. The van der Waals surface area contributed by atoms with Crippen molar-refractivity contribution in [1.29, 1.82) is 0 Å². The molecule has 5 rings (SSSR count). The Morgan fingerprint density at radius 3 is 2.56 bits per heavy atom. The Kier molecular flexibility index (Phi) is 5.44. The second kappa shape index (κ2) is 8.33. The summed E-state index contributed by atoms with van der Waals surface area (Å²) in [5.74, 6) is -3.60. The van der Waals surface area contributed by atoms with Crippen LogP contribution < -0.4 is 4.74 Å². The van der Waals surface area contributed by atoms with Crippen LogP contribution >= 0.6 is 0 Å².